The zero-order valence-electron chi connectivity index (χ0n) is 15.1. The second kappa shape index (κ2) is 8.91. The van der Waals surface area contributed by atoms with Gasteiger partial charge in [-0.05, 0) is 32.0 Å². The molecule has 2 aromatic carbocycles. The molecular weight excluding hydrogens is 403 g/mol. The van der Waals surface area contributed by atoms with E-state index in [-0.39, 0.29) is 12.2 Å². The first-order valence-corrected chi connectivity index (χ1v) is 9.05. The molecule has 0 radical (unpaired) electrons. The number of nitrogens with zero attached hydrogens (tertiary/aromatic N) is 2. The lowest BCUT2D eigenvalue weighted by Gasteiger charge is -2.07. The van der Waals surface area contributed by atoms with Crippen molar-refractivity contribution in [3.63, 3.8) is 0 Å². The highest BCUT2D eigenvalue weighted by Gasteiger charge is 2.23. The molecule has 0 saturated heterocycles. The van der Waals surface area contributed by atoms with E-state index in [1.807, 2.05) is 30.3 Å². The second-order valence-corrected chi connectivity index (χ2v) is 6.74. The summed E-state index contributed by atoms with van der Waals surface area (Å²) in [5.74, 6) is 0.135. The molecule has 0 atom stereocenters. The van der Waals surface area contributed by atoms with Crippen LogP contribution in [0.1, 0.15) is 23.0 Å². The minimum atomic E-state index is -0.665. The molecule has 0 aliphatic carbocycles. The maximum Gasteiger partial charge on any atom is 0.371 e. The van der Waals surface area contributed by atoms with E-state index in [0.29, 0.717) is 33.0 Å². The number of hydrogen-bond donors (Lipinski definition) is 0. The second-order valence-electron chi connectivity index (χ2n) is 5.90. The fraction of sp³-hybridized carbons (Fsp3) is 0.150. The average molecular weight is 419 g/mol. The molecule has 0 N–H and O–H groups in total. The summed E-state index contributed by atoms with van der Waals surface area (Å²) in [6, 6.07) is 14.1. The summed E-state index contributed by atoms with van der Waals surface area (Å²) in [5.41, 5.74) is 1.81. The van der Waals surface area contributed by atoms with Crippen LogP contribution in [-0.4, -0.2) is 23.4 Å². The highest BCUT2D eigenvalue weighted by Crippen LogP contribution is 2.28. The fourth-order valence-corrected chi connectivity index (χ4v) is 2.83. The number of rotatable bonds is 6. The number of aromatic nitrogens is 1. The highest BCUT2D eigenvalue weighted by molar-refractivity contribution is 6.35. The minimum Gasteiger partial charge on any atom is -0.486 e. The predicted molar refractivity (Wildman–Crippen MR) is 107 cm³/mol. The summed E-state index contributed by atoms with van der Waals surface area (Å²) in [6.45, 7) is 3.39. The molecule has 28 heavy (non-hydrogen) atoms. The first-order chi connectivity index (χ1) is 13.5. The van der Waals surface area contributed by atoms with Crippen molar-refractivity contribution < 1.29 is 18.9 Å². The highest BCUT2D eigenvalue weighted by atomic mass is 35.5. The number of carbonyl (C=O) groups is 1. The normalized spacial score (nSPS) is 11.4. The molecule has 0 saturated carbocycles. The van der Waals surface area contributed by atoms with Crippen LogP contribution in [-0.2, 0) is 4.84 Å². The van der Waals surface area contributed by atoms with Crippen LogP contribution in [0.3, 0.4) is 0 Å². The van der Waals surface area contributed by atoms with Gasteiger partial charge >= 0.3 is 5.97 Å². The van der Waals surface area contributed by atoms with Gasteiger partial charge in [-0.1, -0.05) is 63.8 Å². The van der Waals surface area contributed by atoms with Gasteiger partial charge in [-0.2, -0.15) is 0 Å². The maximum atomic E-state index is 12.5. The molecule has 3 rings (SSSR count). The van der Waals surface area contributed by atoms with Crippen molar-refractivity contribution in [1.29, 1.82) is 0 Å². The van der Waals surface area contributed by atoms with Crippen LogP contribution < -0.4 is 4.74 Å². The van der Waals surface area contributed by atoms with Gasteiger partial charge in [0.2, 0.25) is 0 Å². The van der Waals surface area contributed by atoms with Crippen molar-refractivity contribution in [3.05, 3.63) is 69.9 Å². The van der Waals surface area contributed by atoms with E-state index < -0.39 is 5.97 Å². The van der Waals surface area contributed by atoms with E-state index in [0.717, 1.165) is 5.56 Å². The largest absolute Gasteiger partial charge is 0.486 e. The van der Waals surface area contributed by atoms with Crippen LogP contribution in [0.4, 0.5) is 0 Å². The number of aryl methyl sites for hydroxylation is 1. The van der Waals surface area contributed by atoms with E-state index in [2.05, 4.69) is 10.3 Å². The molecule has 1 aromatic heterocycles. The summed E-state index contributed by atoms with van der Waals surface area (Å²) in [7, 11) is 0. The van der Waals surface area contributed by atoms with Crippen LogP contribution >= 0.6 is 23.2 Å². The van der Waals surface area contributed by atoms with E-state index >= 15 is 0 Å². The summed E-state index contributed by atoms with van der Waals surface area (Å²) in [5, 5.41) is 8.66. The third kappa shape index (κ3) is 4.71. The van der Waals surface area contributed by atoms with Crippen molar-refractivity contribution in [2.75, 3.05) is 6.61 Å². The van der Waals surface area contributed by atoms with Crippen LogP contribution in [0.25, 0.3) is 11.3 Å². The van der Waals surface area contributed by atoms with Crippen LogP contribution in [0.15, 0.2) is 58.2 Å². The Balaban J connectivity index is 1.67. The van der Waals surface area contributed by atoms with Gasteiger partial charge in [0.05, 0.1) is 10.7 Å². The monoisotopic (exact) mass is 418 g/mol. The zero-order valence-corrected chi connectivity index (χ0v) is 16.6. The summed E-state index contributed by atoms with van der Waals surface area (Å²) >= 11 is 11.9. The van der Waals surface area contributed by atoms with E-state index in [1.165, 1.54) is 0 Å². The van der Waals surface area contributed by atoms with Crippen LogP contribution in [0.5, 0.6) is 5.75 Å². The number of carbonyl (C=O) groups excluding carboxylic acids is 1. The number of benzene rings is 2. The Morgan fingerprint density at radius 3 is 2.64 bits per heavy atom. The van der Waals surface area contributed by atoms with Crippen molar-refractivity contribution in [3.8, 4) is 17.0 Å². The van der Waals surface area contributed by atoms with E-state index in [4.69, 9.17) is 37.3 Å². The molecule has 144 valence electrons. The van der Waals surface area contributed by atoms with Gasteiger partial charge in [0, 0.05) is 10.6 Å². The first kappa shape index (κ1) is 19.9. The smallest absolute Gasteiger partial charge is 0.371 e. The Kier molecular flexibility index (Phi) is 6.34. The molecule has 1 heterocycles. The Morgan fingerprint density at radius 1 is 1.18 bits per heavy atom. The molecule has 0 aliphatic heterocycles. The molecule has 0 bridgehead atoms. The minimum absolute atomic E-state index is 0.0861. The molecule has 0 spiro atoms. The number of hydrogen-bond acceptors (Lipinski definition) is 6. The Morgan fingerprint density at radius 2 is 1.93 bits per heavy atom. The Labute approximate surface area is 171 Å². The molecule has 6 nitrogen and oxygen atoms in total. The third-order valence-corrected chi connectivity index (χ3v) is 4.26. The van der Waals surface area contributed by atoms with Gasteiger partial charge in [-0.3, -0.25) is 0 Å². The van der Waals surface area contributed by atoms with Gasteiger partial charge in [-0.15, -0.1) is 0 Å². The SMILES string of the molecule is C/C(COc1ccc(Cl)cc1Cl)=N/OC(=O)c1c(-c2ccccc2)noc1C. The molecule has 0 fully saturated rings. The average Bonchev–Trinajstić information content (AvgIpc) is 3.07. The van der Waals surface area contributed by atoms with Gasteiger partial charge in [0.15, 0.2) is 0 Å². The van der Waals surface area contributed by atoms with Crippen molar-refractivity contribution in [1.82, 2.24) is 5.16 Å². The molecule has 0 unspecified atom stereocenters. The maximum absolute atomic E-state index is 12.5. The Bertz CT molecular complexity index is 1020. The quantitative estimate of drug-likeness (QED) is 0.297. The van der Waals surface area contributed by atoms with Crippen molar-refractivity contribution in [2.24, 2.45) is 5.16 Å². The Hall–Kier alpha value is -2.83. The molecule has 8 heteroatoms. The lowest BCUT2D eigenvalue weighted by molar-refractivity contribution is 0.0512. The van der Waals surface area contributed by atoms with Gasteiger partial charge in [0.25, 0.3) is 0 Å². The number of ether oxygens (including phenoxy) is 1. The molecule has 3 aromatic rings. The predicted octanol–water partition coefficient (Wildman–Crippen LogP) is 5.57. The first-order valence-electron chi connectivity index (χ1n) is 8.30. The summed E-state index contributed by atoms with van der Waals surface area (Å²) < 4.78 is 10.7. The topological polar surface area (TPSA) is 73.9 Å². The lowest BCUT2D eigenvalue weighted by Crippen LogP contribution is -2.11. The van der Waals surface area contributed by atoms with Crippen LogP contribution in [0, 0.1) is 6.92 Å². The number of halogens is 2. The van der Waals surface area contributed by atoms with Crippen molar-refractivity contribution >= 4 is 34.9 Å². The van der Waals surface area contributed by atoms with Gasteiger partial charge in [0.1, 0.15) is 29.4 Å². The zero-order chi connectivity index (χ0) is 20.1. The van der Waals surface area contributed by atoms with E-state index in [1.54, 1.807) is 32.0 Å². The van der Waals surface area contributed by atoms with Crippen LogP contribution in [0.2, 0.25) is 10.0 Å². The molecular formula is C20H16Cl2N2O4. The van der Waals surface area contributed by atoms with Gasteiger partial charge in [-0.25, -0.2) is 4.79 Å². The third-order valence-electron chi connectivity index (χ3n) is 3.73. The molecule has 0 amide bonds. The van der Waals surface area contributed by atoms with Crippen molar-refractivity contribution in [2.45, 2.75) is 13.8 Å². The van der Waals surface area contributed by atoms with E-state index in [9.17, 15) is 4.79 Å². The molecule has 0 aliphatic rings. The summed E-state index contributed by atoms with van der Waals surface area (Å²) in [6.07, 6.45) is 0. The summed E-state index contributed by atoms with van der Waals surface area (Å²) in [4.78, 5) is 17.5. The van der Waals surface area contributed by atoms with Gasteiger partial charge < -0.3 is 14.1 Å². The lowest BCUT2D eigenvalue weighted by atomic mass is 10.1. The standard InChI is InChI=1S/C20H16Cl2N2O4/c1-12(11-26-17-9-8-15(21)10-16(17)22)23-28-20(25)18-13(2)27-24-19(18)14-6-4-3-5-7-14/h3-10H,11H2,1-2H3/b23-12-. The fourth-order valence-electron chi connectivity index (χ4n) is 2.37. The number of oxime groups is 1.